The van der Waals surface area contributed by atoms with E-state index in [-0.39, 0.29) is 19.8 Å². The van der Waals surface area contributed by atoms with E-state index in [9.17, 15) is 4.79 Å². The lowest BCUT2D eigenvalue weighted by molar-refractivity contribution is -0.132. The molecule has 0 spiro atoms. The Labute approximate surface area is 165 Å². The predicted octanol–water partition coefficient (Wildman–Crippen LogP) is 3.29. The molecule has 2 rings (SSSR count). The van der Waals surface area contributed by atoms with Gasteiger partial charge in [0.2, 0.25) is 0 Å². The van der Waals surface area contributed by atoms with Gasteiger partial charge in [0.25, 0.3) is 0 Å². The Kier molecular flexibility index (Phi) is 7.61. The fourth-order valence-corrected chi connectivity index (χ4v) is 2.69. The first kappa shape index (κ1) is 21.0. The van der Waals surface area contributed by atoms with Crippen molar-refractivity contribution < 1.29 is 19.4 Å². The average Bonchev–Trinajstić information content (AvgIpc) is 2.70. The molecule has 0 saturated carbocycles. The smallest absolute Gasteiger partial charge is 0.330 e. The van der Waals surface area contributed by atoms with Crippen molar-refractivity contribution in [3.05, 3.63) is 65.2 Å². The molecule has 0 heterocycles. The number of esters is 1. The lowest BCUT2D eigenvalue weighted by Crippen LogP contribution is -2.20. The van der Waals surface area contributed by atoms with Crippen molar-refractivity contribution in [2.24, 2.45) is 0 Å². The summed E-state index contributed by atoms with van der Waals surface area (Å²) in [6.45, 7) is 7.58. The number of allylic oxidation sites excluding steroid dienone is 1. The van der Waals surface area contributed by atoms with Crippen LogP contribution in [0, 0.1) is 25.2 Å². The van der Waals surface area contributed by atoms with Gasteiger partial charge in [-0.15, -0.1) is 6.58 Å². The third kappa shape index (κ3) is 5.35. The number of carbonyl (C=O) groups is 1. The number of hydrogen-bond donors (Lipinski definition) is 2. The number of benzene rings is 2. The number of ether oxygens (including phenoxy) is 2. The van der Waals surface area contributed by atoms with Crippen molar-refractivity contribution in [1.82, 2.24) is 0 Å². The molecular weight excluding hydrogens is 356 g/mol. The van der Waals surface area contributed by atoms with E-state index in [1.54, 1.807) is 36.4 Å². The van der Waals surface area contributed by atoms with Crippen molar-refractivity contribution in [3.8, 4) is 17.6 Å². The van der Waals surface area contributed by atoms with Gasteiger partial charge in [0.1, 0.15) is 13.2 Å². The van der Waals surface area contributed by atoms with Gasteiger partial charge in [-0.1, -0.05) is 6.08 Å². The van der Waals surface area contributed by atoms with E-state index in [1.165, 1.54) is 0 Å². The first-order valence-corrected chi connectivity index (χ1v) is 8.92. The standard InChI is InChI=1S/C22H24N2O4/c1-4-5-19-16(3)15(2)12-20(22(19)27-11-10-25)28-21(26)14-24-18-8-6-17(13-23)7-9-18/h4,6-9,12,24-25H,1,5,10-11,14H2,2-3H3. The molecule has 28 heavy (non-hydrogen) atoms. The molecule has 0 aliphatic carbocycles. The van der Waals surface area contributed by atoms with Gasteiger partial charge in [-0.3, -0.25) is 0 Å². The van der Waals surface area contributed by atoms with Crippen molar-refractivity contribution >= 4 is 11.7 Å². The number of aliphatic hydroxyl groups excluding tert-OH is 1. The van der Waals surface area contributed by atoms with E-state index >= 15 is 0 Å². The molecule has 0 unspecified atom stereocenters. The number of nitriles is 1. The summed E-state index contributed by atoms with van der Waals surface area (Å²) in [4.78, 5) is 12.3. The molecule has 6 heteroatoms. The number of nitrogens with zero attached hydrogens (tertiary/aromatic N) is 1. The number of carbonyl (C=O) groups excluding carboxylic acids is 1. The monoisotopic (exact) mass is 380 g/mol. The van der Waals surface area contributed by atoms with Crippen molar-refractivity contribution in [2.75, 3.05) is 25.1 Å². The van der Waals surface area contributed by atoms with Crippen molar-refractivity contribution in [3.63, 3.8) is 0 Å². The maximum Gasteiger partial charge on any atom is 0.330 e. The highest BCUT2D eigenvalue weighted by atomic mass is 16.6. The van der Waals surface area contributed by atoms with Gasteiger partial charge >= 0.3 is 5.97 Å². The zero-order chi connectivity index (χ0) is 20.5. The third-order valence-electron chi connectivity index (χ3n) is 4.25. The SMILES string of the molecule is C=CCc1c(C)c(C)cc(OC(=O)CNc2ccc(C#N)cc2)c1OCCO. The summed E-state index contributed by atoms with van der Waals surface area (Å²) in [5.41, 5.74) is 4.13. The Morgan fingerprint density at radius 2 is 2.04 bits per heavy atom. The topological polar surface area (TPSA) is 91.6 Å². The van der Waals surface area contributed by atoms with E-state index < -0.39 is 5.97 Å². The summed E-state index contributed by atoms with van der Waals surface area (Å²) in [7, 11) is 0. The second-order valence-electron chi connectivity index (χ2n) is 6.21. The van der Waals surface area contributed by atoms with E-state index in [0.717, 1.165) is 16.7 Å². The van der Waals surface area contributed by atoms with Crippen LogP contribution in [0.1, 0.15) is 22.3 Å². The van der Waals surface area contributed by atoms with Crippen LogP contribution in [-0.2, 0) is 11.2 Å². The number of rotatable bonds is 9. The molecule has 0 aliphatic rings. The molecule has 0 aliphatic heterocycles. The summed E-state index contributed by atoms with van der Waals surface area (Å²) in [6, 6.07) is 10.6. The van der Waals surface area contributed by atoms with Gasteiger partial charge in [-0.05, 0) is 61.7 Å². The van der Waals surface area contributed by atoms with Gasteiger partial charge in [-0.25, -0.2) is 4.79 Å². The van der Waals surface area contributed by atoms with E-state index in [0.29, 0.717) is 29.2 Å². The Morgan fingerprint density at radius 3 is 2.64 bits per heavy atom. The number of aliphatic hydroxyl groups is 1. The highest BCUT2D eigenvalue weighted by Gasteiger charge is 2.18. The zero-order valence-corrected chi connectivity index (χ0v) is 16.1. The molecule has 0 amide bonds. The molecule has 0 aromatic heterocycles. The summed E-state index contributed by atoms with van der Waals surface area (Å²) in [5.74, 6) is 0.287. The van der Waals surface area contributed by atoms with Crippen LogP contribution in [0.15, 0.2) is 43.0 Å². The third-order valence-corrected chi connectivity index (χ3v) is 4.25. The fraction of sp³-hybridized carbons (Fsp3) is 0.273. The molecule has 2 N–H and O–H groups in total. The highest BCUT2D eigenvalue weighted by molar-refractivity contribution is 5.78. The average molecular weight is 380 g/mol. The quantitative estimate of drug-likeness (QED) is 0.394. The molecule has 146 valence electrons. The number of aryl methyl sites for hydroxylation is 1. The Balaban J connectivity index is 2.17. The van der Waals surface area contributed by atoms with E-state index in [1.807, 2.05) is 19.9 Å². The molecule has 0 radical (unpaired) electrons. The van der Waals surface area contributed by atoms with Crippen LogP contribution in [0.2, 0.25) is 0 Å². The number of nitrogens with one attached hydrogen (secondary N) is 1. The maximum absolute atomic E-state index is 12.3. The second-order valence-corrected chi connectivity index (χ2v) is 6.21. The van der Waals surface area contributed by atoms with Crippen LogP contribution < -0.4 is 14.8 Å². The van der Waals surface area contributed by atoms with Gasteiger partial charge in [0.15, 0.2) is 11.5 Å². The molecule has 0 bridgehead atoms. The minimum absolute atomic E-state index is 0.0466. The van der Waals surface area contributed by atoms with Crippen molar-refractivity contribution in [2.45, 2.75) is 20.3 Å². The summed E-state index contributed by atoms with van der Waals surface area (Å²) in [5, 5.41) is 20.9. The number of anilines is 1. The lowest BCUT2D eigenvalue weighted by Gasteiger charge is -2.18. The van der Waals surface area contributed by atoms with Gasteiger partial charge < -0.3 is 19.9 Å². The largest absolute Gasteiger partial charge is 0.487 e. The minimum Gasteiger partial charge on any atom is -0.487 e. The van der Waals surface area contributed by atoms with Crippen LogP contribution in [0.3, 0.4) is 0 Å². The summed E-state index contributed by atoms with van der Waals surface area (Å²) < 4.78 is 11.2. The maximum atomic E-state index is 12.3. The summed E-state index contributed by atoms with van der Waals surface area (Å²) in [6.07, 6.45) is 2.31. The Morgan fingerprint density at radius 1 is 1.32 bits per heavy atom. The number of hydrogen-bond acceptors (Lipinski definition) is 6. The molecule has 2 aromatic rings. The normalized spacial score (nSPS) is 10.1. The molecule has 0 fully saturated rings. The van der Waals surface area contributed by atoms with E-state index in [4.69, 9.17) is 19.8 Å². The van der Waals surface area contributed by atoms with Crippen molar-refractivity contribution in [1.29, 1.82) is 5.26 Å². The highest BCUT2D eigenvalue weighted by Crippen LogP contribution is 2.36. The first-order valence-electron chi connectivity index (χ1n) is 8.92. The predicted molar refractivity (Wildman–Crippen MR) is 108 cm³/mol. The molecule has 6 nitrogen and oxygen atoms in total. The van der Waals surface area contributed by atoms with E-state index in [2.05, 4.69) is 11.9 Å². The van der Waals surface area contributed by atoms with Crippen LogP contribution in [0.5, 0.6) is 11.5 Å². The second kappa shape index (κ2) is 10.1. The first-order chi connectivity index (χ1) is 13.5. The molecule has 0 saturated heterocycles. The van der Waals surface area contributed by atoms with Gasteiger partial charge in [0, 0.05) is 11.3 Å². The van der Waals surface area contributed by atoms with Crippen LogP contribution in [0.4, 0.5) is 5.69 Å². The Hall–Kier alpha value is -3.30. The summed E-state index contributed by atoms with van der Waals surface area (Å²) >= 11 is 0. The van der Waals surface area contributed by atoms with Crippen LogP contribution in [-0.4, -0.2) is 30.8 Å². The van der Waals surface area contributed by atoms with Gasteiger partial charge in [0.05, 0.1) is 18.2 Å². The van der Waals surface area contributed by atoms with Gasteiger partial charge in [-0.2, -0.15) is 5.26 Å². The zero-order valence-electron chi connectivity index (χ0n) is 16.1. The molecular formula is C22H24N2O4. The molecule has 0 atom stereocenters. The van der Waals surface area contributed by atoms with Crippen LogP contribution >= 0.6 is 0 Å². The molecule has 2 aromatic carbocycles. The lowest BCUT2D eigenvalue weighted by atomic mass is 9.99. The minimum atomic E-state index is -0.481. The van der Waals surface area contributed by atoms with Crippen LogP contribution in [0.25, 0.3) is 0 Å². The fourth-order valence-electron chi connectivity index (χ4n) is 2.69. The Bertz CT molecular complexity index is 883.